The Kier molecular flexibility index (Phi) is 4.27. The second-order valence-electron chi connectivity index (χ2n) is 3.65. The summed E-state index contributed by atoms with van der Waals surface area (Å²) in [6.45, 7) is -0.0571. The number of hydrogen-bond donors (Lipinski definition) is 2. The van der Waals surface area contributed by atoms with Gasteiger partial charge in [-0.15, -0.1) is 12.4 Å². The lowest BCUT2D eigenvalue weighted by Crippen LogP contribution is -2.44. The molecule has 1 saturated carbocycles. The Morgan fingerprint density at radius 2 is 1.71 bits per heavy atom. The largest absolute Gasteiger partial charge is 0.481 e. The van der Waals surface area contributed by atoms with Crippen LogP contribution in [0.25, 0.3) is 0 Å². The molecule has 3 nitrogen and oxygen atoms in total. The van der Waals surface area contributed by atoms with Gasteiger partial charge in [-0.25, -0.2) is 8.78 Å². The van der Waals surface area contributed by atoms with Gasteiger partial charge in [-0.1, -0.05) is 0 Å². The summed E-state index contributed by atoms with van der Waals surface area (Å²) in [4.78, 5) is 10.8. The van der Waals surface area contributed by atoms with Crippen molar-refractivity contribution in [1.82, 2.24) is 0 Å². The second-order valence-corrected chi connectivity index (χ2v) is 3.65. The predicted molar refractivity (Wildman–Crippen MR) is 49.8 cm³/mol. The summed E-state index contributed by atoms with van der Waals surface area (Å²) in [6.07, 6.45) is -0.773. The molecule has 1 rings (SSSR count). The van der Waals surface area contributed by atoms with Gasteiger partial charge in [0.1, 0.15) is 0 Å². The molecule has 0 amide bonds. The minimum atomic E-state index is -2.70. The highest BCUT2D eigenvalue weighted by Gasteiger charge is 2.47. The summed E-state index contributed by atoms with van der Waals surface area (Å²) in [7, 11) is 0. The number of alkyl halides is 2. The fraction of sp³-hybridized carbons (Fsp3) is 0.875. The third-order valence-electron chi connectivity index (χ3n) is 2.78. The molecule has 0 radical (unpaired) electrons. The van der Waals surface area contributed by atoms with Gasteiger partial charge in [0.25, 0.3) is 0 Å². The molecule has 0 aromatic rings. The molecule has 1 aliphatic carbocycles. The molecule has 0 aliphatic heterocycles. The van der Waals surface area contributed by atoms with Crippen LogP contribution < -0.4 is 5.73 Å². The Morgan fingerprint density at radius 3 is 2.00 bits per heavy atom. The molecule has 0 saturated heterocycles. The zero-order valence-corrected chi connectivity index (χ0v) is 8.45. The molecule has 0 unspecified atom stereocenters. The molecule has 6 heteroatoms. The summed E-state index contributed by atoms with van der Waals surface area (Å²) in [5.41, 5.74) is 4.19. The molecule has 0 bridgehead atoms. The van der Waals surface area contributed by atoms with E-state index in [2.05, 4.69) is 0 Å². The van der Waals surface area contributed by atoms with Gasteiger partial charge in [-0.05, 0) is 12.8 Å². The van der Waals surface area contributed by atoms with E-state index in [1.807, 2.05) is 0 Å². The summed E-state index contributed by atoms with van der Waals surface area (Å²) in [5.74, 6) is -3.75. The van der Waals surface area contributed by atoms with Gasteiger partial charge in [-0.3, -0.25) is 4.79 Å². The average Bonchev–Trinajstić information content (AvgIpc) is 2.05. The van der Waals surface area contributed by atoms with Crippen LogP contribution in [0.1, 0.15) is 25.7 Å². The zero-order chi connectivity index (χ0) is 10.1. The lowest BCUT2D eigenvalue weighted by atomic mass is 9.73. The van der Waals surface area contributed by atoms with Crippen molar-refractivity contribution in [2.45, 2.75) is 31.6 Å². The molecular weight excluding hydrogens is 216 g/mol. The van der Waals surface area contributed by atoms with Crippen molar-refractivity contribution in [3.8, 4) is 0 Å². The normalized spacial score (nSPS) is 23.6. The quantitative estimate of drug-likeness (QED) is 0.757. The first-order chi connectivity index (χ1) is 5.92. The van der Waals surface area contributed by atoms with Crippen molar-refractivity contribution in [2.24, 2.45) is 11.1 Å². The third kappa shape index (κ3) is 2.54. The van der Waals surface area contributed by atoms with Gasteiger partial charge in [0.05, 0.1) is 5.41 Å². The maximum Gasteiger partial charge on any atom is 0.310 e. The molecule has 84 valence electrons. The summed E-state index contributed by atoms with van der Waals surface area (Å²) < 4.78 is 25.4. The zero-order valence-electron chi connectivity index (χ0n) is 7.63. The highest BCUT2D eigenvalue weighted by molar-refractivity contribution is 5.85. The van der Waals surface area contributed by atoms with Crippen LogP contribution in [-0.4, -0.2) is 23.5 Å². The lowest BCUT2D eigenvalue weighted by molar-refractivity contribution is -0.155. The molecule has 0 heterocycles. The number of nitrogens with two attached hydrogens (primary N) is 1. The first kappa shape index (κ1) is 13.6. The van der Waals surface area contributed by atoms with Gasteiger partial charge >= 0.3 is 5.97 Å². The topological polar surface area (TPSA) is 63.3 Å². The van der Waals surface area contributed by atoms with Gasteiger partial charge in [0.15, 0.2) is 0 Å². The molecule has 14 heavy (non-hydrogen) atoms. The van der Waals surface area contributed by atoms with Crippen LogP contribution in [-0.2, 0) is 4.79 Å². The average molecular weight is 230 g/mol. The Bertz CT molecular complexity index is 213. The summed E-state index contributed by atoms with van der Waals surface area (Å²) in [6, 6.07) is 0. The van der Waals surface area contributed by atoms with Crippen LogP contribution in [0.15, 0.2) is 0 Å². The monoisotopic (exact) mass is 229 g/mol. The van der Waals surface area contributed by atoms with E-state index in [9.17, 15) is 13.6 Å². The first-order valence-corrected chi connectivity index (χ1v) is 4.23. The highest BCUT2D eigenvalue weighted by Crippen LogP contribution is 2.43. The summed E-state index contributed by atoms with van der Waals surface area (Å²) >= 11 is 0. The number of aliphatic carboxylic acids is 1. The fourth-order valence-electron chi connectivity index (χ4n) is 1.60. The smallest absolute Gasteiger partial charge is 0.310 e. The van der Waals surface area contributed by atoms with Crippen molar-refractivity contribution in [3.05, 3.63) is 0 Å². The van der Waals surface area contributed by atoms with Crippen molar-refractivity contribution in [2.75, 3.05) is 6.54 Å². The molecule has 3 N–H and O–H groups in total. The Hall–Kier alpha value is -0.420. The SMILES string of the molecule is Cl.NCC1(C(=O)O)CCC(F)(F)CC1. The fourth-order valence-corrected chi connectivity index (χ4v) is 1.60. The van der Waals surface area contributed by atoms with E-state index < -0.39 is 17.3 Å². The standard InChI is InChI=1S/C8H13F2NO2.ClH/c9-8(10)3-1-7(5-11,2-4-8)6(12)13;/h1-5,11H2,(H,12,13);1H. The van der Waals surface area contributed by atoms with Gasteiger partial charge in [0.2, 0.25) is 5.92 Å². The number of carboxylic acid groups (broad SMARTS) is 1. The Labute approximate surface area is 87.1 Å². The van der Waals surface area contributed by atoms with Crippen LogP contribution in [0.3, 0.4) is 0 Å². The molecule has 0 aromatic heterocycles. The second kappa shape index (κ2) is 4.40. The van der Waals surface area contributed by atoms with E-state index in [-0.39, 0.29) is 44.6 Å². The van der Waals surface area contributed by atoms with Crippen molar-refractivity contribution >= 4 is 18.4 Å². The Morgan fingerprint density at radius 1 is 1.29 bits per heavy atom. The molecule has 0 aromatic carbocycles. The molecule has 1 aliphatic rings. The van der Waals surface area contributed by atoms with Gasteiger partial charge in [0, 0.05) is 19.4 Å². The number of carboxylic acids is 1. The number of hydrogen-bond acceptors (Lipinski definition) is 2. The van der Waals surface area contributed by atoms with Crippen LogP contribution in [0.2, 0.25) is 0 Å². The molecular formula is C8H14ClF2NO2. The number of rotatable bonds is 2. The maximum absolute atomic E-state index is 12.7. The lowest BCUT2D eigenvalue weighted by Gasteiger charge is -2.35. The van der Waals surface area contributed by atoms with Crippen LogP contribution in [0.4, 0.5) is 8.78 Å². The van der Waals surface area contributed by atoms with E-state index in [1.165, 1.54) is 0 Å². The van der Waals surface area contributed by atoms with E-state index in [0.29, 0.717) is 0 Å². The first-order valence-electron chi connectivity index (χ1n) is 4.23. The van der Waals surface area contributed by atoms with Crippen molar-refractivity contribution in [3.63, 3.8) is 0 Å². The van der Waals surface area contributed by atoms with Crippen molar-refractivity contribution in [1.29, 1.82) is 0 Å². The van der Waals surface area contributed by atoms with E-state index >= 15 is 0 Å². The molecule has 0 atom stereocenters. The van der Waals surface area contributed by atoms with E-state index in [0.717, 1.165) is 0 Å². The number of carbonyl (C=O) groups is 1. The molecule has 1 fully saturated rings. The maximum atomic E-state index is 12.7. The summed E-state index contributed by atoms with van der Waals surface area (Å²) in [5, 5.41) is 8.83. The van der Waals surface area contributed by atoms with Crippen LogP contribution in [0, 0.1) is 5.41 Å². The minimum absolute atomic E-state index is 0. The van der Waals surface area contributed by atoms with E-state index in [4.69, 9.17) is 10.8 Å². The minimum Gasteiger partial charge on any atom is -0.481 e. The van der Waals surface area contributed by atoms with Gasteiger partial charge < -0.3 is 10.8 Å². The van der Waals surface area contributed by atoms with Crippen LogP contribution in [0.5, 0.6) is 0 Å². The third-order valence-corrected chi connectivity index (χ3v) is 2.78. The predicted octanol–water partition coefficient (Wildman–Crippen LogP) is 1.65. The van der Waals surface area contributed by atoms with Crippen LogP contribution >= 0.6 is 12.4 Å². The molecule has 0 spiro atoms. The van der Waals surface area contributed by atoms with Crippen molar-refractivity contribution < 1.29 is 18.7 Å². The Balaban J connectivity index is 0.00000169. The highest BCUT2D eigenvalue weighted by atomic mass is 35.5. The van der Waals surface area contributed by atoms with Gasteiger partial charge in [-0.2, -0.15) is 0 Å². The van der Waals surface area contributed by atoms with E-state index in [1.54, 1.807) is 0 Å². The number of halogens is 3.